The summed E-state index contributed by atoms with van der Waals surface area (Å²) in [4.78, 5) is 1.88. The summed E-state index contributed by atoms with van der Waals surface area (Å²) in [5.41, 5.74) is 0. The number of nitrogens with one attached hydrogen (secondary N) is 1. The first-order chi connectivity index (χ1) is 8.02. The van der Waals surface area contributed by atoms with E-state index in [9.17, 15) is 13.2 Å². The van der Waals surface area contributed by atoms with Crippen molar-refractivity contribution in [2.45, 2.75) is 25.6 Å². The first-order valence-electron chi connectivity index (χ1n) is 5.40. The standard InChI is InChI=1S/C9H13F3N4S/c1-2-16(6-3-4-13-5-6)8-15-14-7(17-8)9(10,11)12/h6,13H,2-5H2,1H3. The van der Waals surface area contributed by atoms with Gasteiger partial charge in [0.2, 0.25) is 10.1 Å². The number of hydrogen-bond donors (Lipinski definition) is 1. The molecule has 2 heterocycles. The Bertz CT molecular complexity index is 373. The Balaban J connectivity index is 2.17. The molecule has 1 aromatic heterocycles. The van der Waals surface area contributed by atoms with Crippen molar-refractivity contribution in [1.29, 1.82) is 0 Å². The minimum Gasteiger partial charge on any atom is -0.343 e. The number of nitrogens with zero attached hydrogens (tertiary/aromatic N) is 3. The molecule has 1 unspecified atom stereocenters. The van der Waals surface area contributed by atoms with Crippen LogP contribution in [0.2, 0.25) is 0 Å². The lowest BCUT2D eigenvalue weighted by atomic mass is 10.2. The van der Waals surface area contributed by atoms with E-state index in [1.807, 2.05) is 11.8 Å². The molecule has 1 aromatic rings. The minimum atomic E-state index is -4.40. The first-order valence-corrected chi connectivity index (χ1v) is 6.22. The molecule has 0 radical (unpaired) electrons. The Labute approximate surface area is 101 Å². The molecule has 0 aromatic carbocycles. The maximum Gasteiger partial charge on any atom is 0.445 e. The van der Waals surface area contributed by atoms with E-state index in [0.29, 0.717) is 23.0 Å². The molecule has 1 N–H and O–H groups in total. The summed E-state index contributed by atoms with van der Waals surface area (Å²) in [5.74, 6) is 0. The molecule has 0 saturated carbocycles. The average Bonchev–Trinajstić information content (AvgIpc) is 2.87. The van der Waals surface area contributed by atoms with Crippen LogP contribution in [0.3, 0.4) is 0 Å². The number of aromatic nitrogens is 2. The van der Waals surface area contributed by atoms with E-state index >= 15 is 0 Å². The number of halogens is 3. The molecule has 0 amide bonds. The molecule has 4 nitrogen and oxygen atoms in total. The molecule has 0 bridgehead atoms. The molecule has 2 rings (SSSR count). The third-order valence-electron chi connectivity index (χ3n) is 2.72. The van der Waals surface area contributed by atoms with Crippen LogP contribution < -0.4 is 10.2 Å². The van der Waals surface area contributed by atoms with Crippen molar-refractivity contribution in [3.63, 3.8) is 0 Å². The van der Waals surface area contributed by atoms with Gasteiger partial charge in [-0.1, -0.05) is 11.3 Å². The van der Waals surface area contributed by atoms with E-state index in [-0.39, 0.29) is 6.04 Å². The van der Waals surface area contributed by atoms with Gasteiger partial charge in [-0.15, -0.1) is 10.2 Å². The van der Waals surface area contributed by atoms with E-state index < -0.39 is 11.2 Å². The lowest BCUT2D eigenvalue weighted by Gasteiger charge is -2.25. The van der Waals surface area contributed by atoms with Gasteiger partial charge in [0.25, 0.3) is 0 Å². The molecule has 17 heavy (non-hydrogen) atoms. The largest absolute Gasteiger partial charge is 0.445 e. The summed E-state index contributed by atoms with van der Waals surface area (Å²) in [6.45, 7) is 4.23. The second kappa shape index (κ2) is 4.77. The van der Waals surface area contributed by atoms with Crippen molar-refractivity contribution in [1.82, 2.24) is 15.5 Å². The zero-order valence-electron chi connectivity index (χ0n) is 9.29. The molecule has 1 fully saturated rings. The summed E-state index contributed by atoms with van der Waals surface area (Å²) in [6.07, 6.45) is -3.47. The van der Waals surface area contributed by atoms with Crippen LogP contribution >= 0.6 is 11.3 Å². The molecule has 1 atom stereocenters. The number of anilines is 1. The lowest BCUT2D eigenvalue weighted by Crippen LogP contribution is -2.36. The monoisotopic (exact) mass is 266 g/mol. The molecular weight excluding hydrogens is 253 g/mol. The summed E-state index contributed by atoms with van der Waals surface area (Å²) in [5, 5.41) is 9.52. The highest BCUT2D eigenvalue weighted by molar-refractivity contribution is 7.15. The maximum atomic E-state index is 12.4. The van der Waals surface area contributed by atoms with Crippen LogP contribution in [0.5, 0.6) is 0 Å². The predicted molar refractivity (Wildman–Crippen MR) is 59.2 cm³/mol. The van der Waals surface area contributed by atoms with Crippen LogP contribution in [0.15, 0.2) is 0 Å². The highest BCUT2D eigenvalue weighted by Crippen LogP contribution is 2.35. The van der Waals surface area contributed by atoms with Gasteiger partial charge in [0.1, 0.15) is 0 Å². The zero-order valence-corrected chi connectivity index (χ0v) is 10.1. The Morgan fingerprint density at radius 1 is 1.47 bits per heavy atom. The fourth-order valence-corrected chi connectivity index (χ4v) is 2.75. The van der Waals surface area contributed by atoms with Crippen molar-refractivity contribution in [3.8, 4) is 0 Å². The Kier molecular flexibility index (Phi) is 3.53. The number of likely N-dealkylation sites (N-methyl/N-ethyl adjacent to an activating group) is 1. The zero-order chi connectivity index (χ0) is 12.5. The highest BCUT2D eigenvalue weighted by Gasteiger charge is 2.36. The number of rotatable bonds is 3. The third kappa shape index (κ3) is 2.68. The van der Waals surface area contributed by atoms with E-state index in [4.69, 9.17) is 0 Å². The quantitative estimate of drug-likeness (QED) is 0.905. The molecule has 1 aliphatic rings. The second-order valence-electron chi connectivity index (χ2n) is 3.82. The maximum absolute atomic E-state index is 12.4. The van der Waals surface area contributed by atoms with Gasteiger partial charge in [-0.2, -0.15) is 13.2 Å². The van der Waals surface area contributed by atoms with Gasteiger partial charge >= 0.3 is 6.18 Å². The van der Waals surface area contributed by atoms with Crippen molar-refractivity contribution in [2.75, 3.05) is 24.5 Å². The second-order valence-corrected chi connectivity index (χ2v) is 4.78. The van der Waals surface area contributed by atoms with Crippen LogP contribution in [-0.2, 0) is 6.18 Å². The SMILES string of the molecule is CCN(c1nnc(C(F)(F)F)s1)C1CCNC1. The first kappa shape index (κ1) is 12.6. The Morgan fingerprint density at radius 3 is 2.71 bits per heavy atom. The smallest absolute Gasteiger partial charge is 0.343 e. The van der Waals surface area contributed by atoms with Gasteiger partial charge in [0.15, 0.2) is 0 Å². The van der Waals surface area contributed by atoms with Crippen molar-refractivity contribution >= 4 is 16.5 Å². The topological polar surface area (TPSA) is 41.1 Å². The van der Waals surface area contributed by atoms with Crippen LogP contribution in [0.25, 0.3) is 0 Å². The van der Waals surface area contributed by atoms with E-state index in [2.05, 4.69) is 15.5 Å². The van der Waals surface area contributed by atoms with E-state index in [0.717, 1.165) is 19.5 Å². The molecular formula is C9H13F3N4S. The fourth-order valence-electron chi connectivity index (χ4n) is 1.90. The molecule has 0 aliphatic carbocycles. The van der Waals surface area contributed by atoms with Crippen molar-refractivity contribution < 1.29 is 13.2 Å². The fraction of sp³-hybridized carbons (Fsp3) is 0.778. The minimum absolute atomic E-state index is 0.217. The highest BCUT2D eigenvalue weighted by atomic mass is 32.1. The molecule has 1 aliphatic heterocycles. The van der Waals surface area contributed by atoms with Crippen molar-refractivity contribution in [2.24, 2.45) is 0 Å². The molecule has 8 heteroatoms. The van der Waals surface area contributed by atoms with Gasteiger partial charge in [0, 0.05) is 19.1 Å². The average molecular weight is 266 g/mol. The lowest BCUT2D eigenvalue weighted by molar-refractivity contribution is -0.138. The summed E-state index contributed by atoms with van der Waals surface area (Å²) in [6, 6.07) is 0.217. The number of hydrogen-bond acceptors (Lipinski definition) is 5. The Morgan fingerprint density at radius 2 is 2.24 bits per heavy atom. The van der Waals surface area contributed by atoms with Gasteiger partial charge in [-0.3, -0.25) is 0 Å². The third-order valence-corrected chi connectivity index (χ3v) is 3.72. The molecule has 96 valence electrons. The van der Waals surface area contributed by atoms with Crippen LogP contribution in [0, 0.1) is 0 Å². The predicted octanol–water partition coefficient (Wildman–Crippen LogP) is 1.75. The molecule has 0 spiro atoms. The summed E-state index contributed by atoms with van der Waals surface area (Å²) >= 11 is 0.610. The Hall–Kier alpha value is -0.890. The van der Waals surface area contributed by atoms with Crippen molar-refractivity contribution in [3.05, 3.63) is 5.01 Å². The summed E-state index contributed by atoms with van der Waals surface area (Å²) in [7, 11) is 0. The van der Waals surface area contributed by atoms with E-state index in [1.165, 1.54) is 0 Å². The van der Waals surface area contributed by atoms with Crippen LogP contribution in [0.1, 0.15) is 18.4 Å². The van der Waals surface area contributed by atoms with Gasteiger partial charge in [-0.25, -0.2) is 0 Å². The number of alkyl halides is 3. The van der Waals surface area contributed by atoms with Gasteiger partial charge in [0.05, 0.1) is 0 Å². The van der Waals surface area contributed by atoms with Gasteiger partial charge < -0.3 is 10.2 Å². The normalized spacial score (nSPS) is 20.8. The van der Waals surface area contributed by atoms with E-state index in [1.54, 1.807) is 0 Å². The van der Waals surface area contributed by atoms with Gasteiger partial charge in [-0.05, 0) is 19.9 Å². The molecule has 1 saturated heterocycles. The van der Waals surface area contributed by atoms with Crippen LogP contribution in [-0.4, -0.2) is 35.9 Å². The van der Waals surface area contributed by atoms with Crippen LogP contribution in [0.4, 0.5) is 18.3 Å². The summed E-state index contributed by atoms with van der Waals surface area (Å²) < 4.78 is 37.3.